The van der Waals surface area contributed by atoms with Crippen LogP contribution in [0.2, 0.25) is 0 Å². The third-order valence-electron chi connectivity index (χ3n) is 5.47. The number of pyridine rings is 1. The quantitative estimate of drug-likeness (QED) is 0.436. The molecule has 2 aromatic carbocycles. The predicted octanol–water partition coefficient (Wildman–Crippen LogP) is 3.46. The molecule has 36 heavy (non-hydrogen) atoms. The Hall–Kier alpha value is -4.09. The lowest BCUT2D eigenvalue weighted by Gasteiger charge is -2.26. The van der Waals surface area contributed by atoms with Gasteiger partial charge in [-0.3, -0.25) is 14.5 Å². The van der Waals surface area contributed by atoms with Crippen molar-refractivity contribution in [3.05, 3.63) is 66.4 Å². The molecule has 1 fully saturated rings. The number of nitrogens with one attached hydrogen (secondary N) is 2. The molecule has 3 aromatic rings. The van der Waals surface area contributed by atoms with E-state index < -0.39 is 18.4 Å². The summed E-state index contributed by atoms with van der Waals surface area (Å²) in [6.45, 7) is -0.826. The molecule has 1 aliphatic heterocycles. The zero-order valence-electron chi connectivity index (χ0n) is 19.2. The van der Waals surface area contributed by atoms with Gasteiger partial charge < -0.3 is 25.8 Å². The number of alkyl halides is 2. The van der Waals surface area contributed by atoms with Crippen molar-refractivity contribution >= 4 is 29.0 Å². The van der Waals surface area contributed by atoms with E-state index in [-0.39, 0.29) is 23.5 Å². The summed E-state index contributed by atoms with van der Waals surface area (Å²) in [5.74, 6) is -0.715. The third-order valence-corrected chi connectivity index (χ3v) is 5.47. The molecule has 4 rings (SSSR count). The van der Waals surface area contributed by atoms with E-state index in [1.165, 1.54) is 18.2 Å². The second-order valence-corrected chi connectivity index (χ2v) is 8.03. The average molecular weight is 498 g/mol. The van der Waals surface area contributed by atoms with Crippen LogP contribution in [0.3, 0.4) is 0 Å². The lowest BCUT2D eigenvalue weighted by atomic mass is 10.1. The number of aromatic nitrogens is 1. The molecule has 188 valence electrons. The molecule has 4 N–H and O–H groups in total. The van der Waals surface area contributed by atoms with E-state index in [2.05, 4.69) is 20.4 Å². The van der Waals surface area contributed by atoms with Crippen LogP contribution in [-0.2, 0) is 9.53 Å². The van der Waals surface area contributed by atoms with Gasteiger partial charge >= 0.3 is 6.61 Å². The van der Waals surface area contributed by atoms with Gasteiger partial charge in [0.05, 0.1) is 25.4 Å². The first-order chi connectivity index (χ1) is 17.4. The average Bonchev–Trinajstić information content (AvgIpc) is 2.86. The highest BCUT2D eigenvalue weighted by Gasteiger charge is 2.18. The van der Waals surface area contributed by atoms with E-state index in [1.54, 1.807) is 24.4 Å². The summed E-state index contributed by atoms with van der Waals surface area (Å²) in [5.41, 5.74) is 8.04. The molecule has 0 spiro atoms. The van der Waals surface area contributed by atoms with Crippen molar-refractivity contribution in [1.82, 2.24) is 9.88 Å². The Morgan fingerprint density at radius 3 is 2.42 bits per heavy atom. The fraction of sp³-hybridized carbons (Fsp3) is 0.240. The maximum absolute atomic E-state index is 12.9. The van der Waals surface area contributed by atoms with E-state index in [0.29, 0.717) is 37.8 Å². The number of halogens is 2. The number of morpholine rings is 1. The van der Waals surface area contributed by atoms with Gasteiger partial charge in [0.2, 0.25) is 5.91 Å². The first-order valence-electron chi connectivity index (χ1n) is 11.2. The van der Waals surface area contributed by atoms with Gasteiger partial charge in [-0.15, -0.1) is 0 Å². The number of ether oxygens (including phenoxy) is 2. The van der Waals surface area contributed by atoms with Crippen molar-refractivity contribution in [2.75, 3.05) is 49.2 Å². The summed E-state index contributed by atoms with van der Waals surface area (Å²) >= 11 is 0. The molecular formula is C25H25F2N5O4. The number of anilines is 3. The lowest BCUT2D eigenvalue weighted by Crippen LogP contribution is -2.41. The highest BCUT2D eigenvalue weighted by molar-refractivity contribution is 6.06. The standard InChI is InChI=1S/C25H25F2N5O4/c26-25(27)36-21-7-3-17(13-20(21)31-23(33)15-32-9-11-35-12-10-32)24(34)30-19-5-1-16(2-6-19)18-4-8-22(28)29-14-18/h1-8,13-14,25H,9-12,15H2,(H2,28,29)(H,30,34)(H,31,33). The number of carbonyl (C=O) groups excluding carboxylic acids is 2. The predicted molar refractivity (Wildman–Crippen MR) is 131 cm³/mol. The minimum Gasteiger partial charge on any atom is -0.433 e. The number of benzene rings is 2. The molecule has 0 unspecified atom stereocenters. The molecule has 9 nitrogen and oxygen atoms in total. The Bertz CT molecular complexity index is 1200. The van der Waals surface area contributed by atoms with Crippen molar-refractivity contribution in [3.8, 4) is 16.9 Å². The van der Waals surface area contributed by atoms with Crippen LogP contribution in [0.1, 0.15) is 10.4 Å². The lowest BCUT2D eigenvalue weighted by molar-refractivity contribution is -0.118. The number of nitrogens with zero attached hydrogens (tertiary/aromatic N) is 2. The van der Waals surface area contributed by atoms with Gasteiger partial charge in [-0.2, -0.15) is 8.78 Å². The smallest absolute Gasteiger partial charge is 0.387 e. The van der Waals surface area contributed by atoms with Crippen LogP contribution in [-0.4, -0.2) is 61.2 Å². The van der Waals surface area contributed by atoms with E-state index in [1.807, 2.05) is 23.1 Å². The van der Waals surface area contributed by atoms with E-state index in [9.17, 15) is 18.4 Å². The fourth-order valence-electron chi connectivity index (χ4n) is 3.65. The monoisotopic (exact) mass is 497 g/mol. The third kappa shape index (κ3) is 6.74. The number of hydrogen-bond acceptors (Lipinski definition) is 7. The van der Waals surface area contributed by atoms with Crippen LogP contribution in [0.25, 0.3) is 11.1 Å². The molecule has 1 saturated heterocycles. The molecular weight excluding hydrogens is 472 g/mol. The van der Waals surface area contributed by atoms with Gasteiger partial charge in [0.15, 0.2) is 0 Å². The fourth-order valence-corrected chi connectivity index (χ4v) is 3.65. The largest absolute Gasteiger partial charge is 0.433 e. The molecule has 2 heterocycles. The summed E-state index contributed by atoms with van der Waals surface area (Å²) in [6, 6.07) is 14.5. The Morgan fingerprint density at radius 2 is 1.75 bits per heavy atom. The normalized spacial score (nSPS) is 13.9. The Balaban J connectivity index is 1.46. The van der Waals surface area contributed by atoms with Gasteiger partial charge in [0.25, 0.3) is 5.91 Å². The summed E-state index contributed by atoms with van der Waals surface area (Å²) < 4.78 is 35.6. The van der Waals surface area contributed by atoms with Crippen molar-refractivity contribution in [1.29, 1.82) is 0 Å². The number of amides is 2. The summed E-state index contributed by atoms with van der Waals surface area (Å²) in [4.78, 5) is 31.3. The van der Waals surface area contributed by atoms with Gasteiger partial charge in [-0.1, -0.05) is 12.1 Å². The van der Waals surface area contributed by atoms with Crippen LogP contribution in [0.4, 0.5) is 26.0 Å². The van der Waals surface area contributed by atoms with Crippen LogP contribution >= 0.6 is 0 Å². The molecule has 2 amide bonds. The van der Waals surface area contributed by atoms with Crippen LogP contribution < -0.4 is 21.1 Å². The van der Waals surface area contributed by atoms with Crippen molar-refractivity contribution in [2.45, 2.75) is 6.61 Å². The first kappa shape index (κ1) is 25.0. The van der Waals surface area contributed by atoms with Crippen LogP contribution in [0, 0.1) is 0 Å². The van der Waals surface area contributed by atoms with Gasteiger partial charge in [-0.05, 0) is 48.0 Å². The van der Waals surface area contributed by atoms with Crippen molar-refractivity contribution < 1.29 is 27.8 Å². The van der Waals surface area contributed by atoms with E-state index in [0.717, 1.165) is 11.1 Å². The number of carbonyl (C=O) groups is 2. The number of hydrogen-bond donors (Lipinski definition) is 3. The second kappa shape index (κ2) is 11.6. The molecule has 0 bridgehead atoms. The minimum absolute atomic E-state index is 0.0209. The van der Waals surface area contributed by atoms with Crippen LogP contribution in [0.5, 0.6) is 5.75 Å². The van der Waals surface area contributed by atoms with Crippen molar-refractivity contribution in [2.24, 2.45) is 0 Å². The molecule has 0 aliphatic carbocycles. The van der Waals surface area contributed by atoms with E-state index in [4.69, 9.17) is 10.5 Å². The van der Waals surface area contributed by atoms with Gasteiger partial charge in [-0.25, -0.2) is 4.98 Å². The number of rotatable bonds is 8. The van der Waals surface area contributed by atoms with Gasteiger partial charge in [0.1, 0.15) is 11.6 Å². The molecule has 0 radical (unpaired) electrons. The Morgan fingerprint density at radius 1 is 1.03 bits per heavy atom. The number of nitrogen functional groups attached to an aromatic ring is 1. The molecule has 1 aliphatic rings. The summed E-state index contributed by atoms with van der Waals surface area (Å²) in [5, 5.41) is 5.33. The van der Waals surface area contributed by atoms with Crippen LogP contribution in [0.15, 0.2) is 60.8 Å². The summed E-state index contributed by atoms with van der Waals surface area (Å²) in [6.07, 6.45) is 1.65. The van der Waals surface area contributed by atoms with Crippen molar-refractivity contribution in [3.63, 3.8) is 0 Å². The molecule has 0 saturated carbocycles. The molecule has 11 heteroatoms. The second-order valence-electron chi connectivity index (χ2n) is 8.03. The topological polar surface area (TPSA) is 119 Å². The highest BCUT2D eigenvalue weighted by atomic mass is 19.3. The van der Waals surface area contributed by atoms with Gasteiger partial charge in [0, 0.05) is 36.1 Å². The zero-order valence-corrected chi connectivity index (χ0v) is 19.2. The molecule has 0 atom stereocenters. The highest BCUT2D eigenvalue weighted by Crippen LogP contribution is 2.28. The minimum atomic E-state index is -3.09. The molecule has 1 aromatic heterocycles. The maximum Gasteiger partial charge on any atom is 0.387 e. The Labute approximate surface area is 206 Å². The Kier molecular flexibility index (Phi) is 8.03. The van der Waals surface area contributed by atoms with E-state index >= 15 is 0 Å². The first-order valence-corrected chi connectivity index (χ1v) is 11.2. The number of nitrogens with two attached hydrogens (primary N) is 1. The summed E-state index contributed by atoms with van der Waals surface area (Å²) in [7, 11) is 0. The maximum atomic E-state index is 12.9. The SMILES string of the molecule is Nc1ccc(-c2ccc(NC(=O)c3ccc(OC(F)F)c(NC(=O)CN4CCOCC4)c3)cc2)cn1. The zero-order chi connectivity index (χ0) is 25.5.